The second kappa shape index (κ2) is 15.8. The second-order valence-corrected chi connectivity index (χ2v) is 13.8. The highest BCUT2D eigenvalue weighted by atomic mass is 32.2. The Morgan fingerprint density at radius 3 is 2.50 bits per heavy atom. The number of aliphatic hydroxyl groups is 1. The monoisotopic (exact) mass is 610 g/mol. The van der Waals surface area contributed by atoms with E-state index in [0.29, 0.717) is 18.9 Å². The summed E-state index contributed by atoms with van der Waals surface area (Å²) in [5.74, 6) is -0.211. The zero-order valence-electron chi connectivity index (χ0n) is 25.8. The van der Waals surface area contributed by atoms with Crippen LogP contribution in [0.5, 0.6) is 5.75 Å². The number of ether oxygens (including phenoxy) is 2. The van der Waals surface area contributed by atoms with Crippen LogP contribution in [-0.4, -0.2) is 99.2 Å². The van der Waals surface area contributed by atoms with Gasteiger partial charge in [-0.1, -0.05) is 26.2 Å². The van der Waals surface area contributed by atoms with Crippen LogP contribution in [0.3, 0.4) is 0 Å². The highest BCUT2D eigenvalue weighted by Gasteiger charge is 2.31. The molecule has 1 heterocycles. The van der Waals surface area contributed by atoms with E-state index in [0.717, 1.165) is 51.2 Å². The van der Waals surface area contributed by atoms with Crippen molar-refractivity contribution in [2.45, 2.75) is 96.4 Å². The number of likely N-dealkylation sites (N-methyl/N-ethyl adjacent to an activating group) is 1. The number of carbonyl (C=O) groups is 2. The first-order chi connectivity index (χ1) is 19.9. The summed E-state index contributed by atoms with van der Waals surface area (Å²) in [5, 5.41) is 13.2. The molecule has 4 atom stereocenters. The van der Waals surface area contributed by atoms with Crippen LogP contribution in [0.15, 0.2) is 18.2 Å². The Hall–Kier alpha value is -2.57. The number of hydrogen-bond acceptors (Lipinski definition) is 7. The van der Waals surface area contributed by atoms with Crippen molar-refractivity contribution in [3.8, 4) is 5.75 Å². The fraction of sp³-hybridized carbons (Fsp3) is 0.733. The van der Waals surface area contributed by atoms with Gasteiger partial charge in [0.15, 0.2) is 0 Å². The molecule has 2 aliphatic rings. The van der Waals surface area contributed by atoms with Crippen LogP contribution in [0.25, 0.3) is 0 Å². The van der Waals surface area contributed by atoms with Crippen molar-refractivity contribution in [3.63, 3.8) is 0 Å². The number of rotatable bonds is 7. The van der Waals surface area contributed by atoms with Gasteiger partial charge in [0.05, 0.1) is 36.7 Å². The number of aliphatic hydroxyl groups excluding tert-OH is 1. The number of carbonyl (C=O) groups excluding carboxylic acids is 2. The Bertz CT molecular complexity index is 1140. The molecule has 0 spiro atoms. The number of anilines is 1. The van der Waals surface area contributed by atoms with Crippen molar-refractivity contribution in [2.24, 2.45) is 5.92 Å². The maximum atomic E-state index is 14.1. The fourth-order valence-electron chi connectivity index (χ4n) is 5.55. The number of fused-ring (bicyclic) bond motifs is 1. The Morgan fingerprint density at radius 2 is 1.83 bits per heavy atom. The Morgan fingerprint density at radius 1 is 1.14 bits per heavy atom. The molecule has 1 aliphatic carbocycles. The molecule has 1 aromatic rings. The Kier molecular flexibility index (Phi) is 12.7. The molecule has 0 bridgehead atoms. The molecular weight excluding hydrogens is 560 g/mol. The molecule has 3 amide bonds. The summed E-state index contributed by atoms with van der Waals surface area (Å²) in [7, 11) is -1.80. The summed E-state index contributed by atoms with van der Waals surface area (Å²) in [6, 6.07) is 4.21. The van der Waals surface area contributed by atoms with E-state index >= 15 is 0 Å². The number of sulfonamides is 1. The number of nitrogens with zero attached hydrogens (tertiary/aromatic N) is 2. The van der Waals surface area contributed by atoms with E-state index in [-0.39, 0.29) is 60.5 Å². The highest BCUT2D eigenvalue weighted by Crippen LogP contribution is 2.29. The molecule has 1 aromatic carbocycles. The van der Waals surface area contributed by atoms with E-state index in [1.807, 2.05) is 13.8 Å². The first kappa shape index (κ1) is 33.9. The molecule has 0 aromatic heterocycles. The van der Waals surface area contributed by atoms with Gasteiger partial charge < -0.3 is 29.7 Å². The molecule has 3 rings (SSSR count). The van der Waals surface area contributed by atoms with Gasteiger partial charge in [-0.2, -0.15) is 0 Å². The lowest BCUT2D eigenvalue weighted by Crippen LogP contribution is -2.50. The lowest BCUT2D eigenvalue weighted by atomic mass is 9.96. The molecule has 11 nitrogen and oxygen atoms in total. The van der Waals surface area contributed by atoms with Gasteiger partial charge in [-0.25, -0.2) is 13.2 Å². The maximum Gasteiger partial charge on any atom is 0.317 e. The van der Waals surface area contributed by atoms with E-state index in [1.54, 1.807) is 35.9 Å². The third-order valence-corrected chi connectivity index (χ3v) is 8.69. The number of urea groups is 1. The summed E-state index contributed by atoms with van der Waals surface area (Å²) < 4.78 is 38.8. The first-order valence-electron chi connectivity index (χ1n) is 15.2. The molecule has 42 heavy (non-hydrogen) atoms. The SMILES string of the molecule is C[C@@H]1CCCCO[C@@H](CN(C)C(=O)NC2CCCCC2)[C@@H](C)CN([C@H](C)CO)C(=O)c2cc(NS(C)(=O)=O)ccc2O1. The van der Waals surface area contributed by atoms with Crippen LogP contribution in [0.4, 0.5) is 10.5 Å². The molecule has 1 fully saturated rings. The predicted octanol–water partition coefficient (Wildman–Crippen LogP) is 3.83. The van der Waals surface area contributed by atoms with Crippen molar-refractivity contribution < 1.29 is 32.6 Å². The van der Waals surface area contributed by atoms with Gasteiger partial charge in [0, 0.05) is 44.4 Å². The summed E-state index contributed by atoms with van der Waals surface area (Å²) in [4.78, 5) is 30.3. The van der Waals surface area contributed by atoms with Crippen LogP contribution in [0.2, 0.25) is 0 Å². The normalized spacial score (nSPS) is 24.1. The third kappa shape index (κ3) is 10.3. The van der Waals surface area contributed by atoms with Gasteiger partial charge in [0.2, 0.25) is 10.0 Å². The Balaban J connectivity index is 1.88. The minimum Gasteiger partial charge on any atom is -0.490 e. The van der Waals surface area contributed by atoms with Crippen LogP contribution in [0, 0.1) is 5.92 Å². The number of amides is 3. The van der Waals surface area contributed by atoms with Crippen LogP contribution in [0.1, 0.15) is 82.5 Å². The number of benzene rings is 1. The van der Waals surface area contributed by atoms with E-state index in [2.05, 4.69) is 10.0 Å². The quantitative estimate of drug-likeness (QED) is 0.427. The minimum absolute atomic E-state index is 0.125. The molecule has 0 radical (unpaired) electrons. The van der Waals surface area contributed by atoms with Crippen LogP contribution < -0.4 is 14.8 Å². The topological polar surface area (TPSA) is 138 Å². The summed E-state index contributed by atoms with van der Waals surface area (Å²) in [6.45, 7) is 6.53. The molecule has 0 saturated heterocycles. The molecule has 12 heteroatoms. The zero-order valence-corrected chi connectivity index (χ0v) is 26.6. The molecule has 0 unspecified atom stereocenters. The van der Waals surface area contributed by atoms with Crippen molar-refractivity contribution >= 4 is 27.6 Å². The van der Waals surface area contributed by atoms with Gasteiger partial charge in [-0.15, -0.1) is 0 Å². The maximum absolute atomic E-state index is 14.1. The number of nitrogens with one attached hydrogen (secondary N) is 2. The minimum atomic E-state index is -3.57. The Labute approximate surface area is 251 Å². The molecule has 1 saturated carbocycles. The van der Waals surface area contributed by atoms with E-state index in [1.165, 1.54) is 12.5 Å². The largest absolute Gasteiger partial charge is 0.490 e. The molecule has 238 valence electrons. The van der Waals surface area contributed by atoms with Crippen molar-refractivity contribution in [2.75, 3.05) is 44.3 Å². The van der Waals surface area contributed by atoms with Crippen LogP contribution in [-0.2, 0) is 14.8 Å². The molecule has 3 N–H and O–H groups in total. The third-order valence-electron chi connectivity index (χ3n) is 8.09. The summed E-state index contributed by atoms with van der Waals surface area (Å²) in [6.07, 6.45) is 8.38. The summed E-state index contributed by atoms with van der Waals surface area (Å²) in [5.41, 5.74) is 0.458. The fourth-order valence-corrected chi connectivity index (χ4v) is 6.10. The van der Waals surface area contributed by atoms with Crippen molar-refractivity contribution in [1.82, 2.24) is 15.1 Å². The van der Waals surface area contributed by atoms with Gasteiger partial charge in [0.1, 0.15) is 5.75 Å². The van der Waals surface area contributed by atoms with Crippen molar-refractivity contribution in [1.29, 1.82) is 0 Å². The van der Waals surface area contributed by atoms with E-state index in [9.17, 15) is 23.1 Å². The molecular formula is C30H50N4O7S. The lowest BCUT2D eigenvalue weighted by Gasteiger charge is -2.36. The molecule has 1 aliphatic heterocycles. The van der Waals surface area contributed by atoms with Crippen LogP contribution >= 0.6 is 0 Å². The average molecular weight is 611 g/mol. The van der Waals surface area contributed by atoms with E-state index < -0.39 is 16.1 Å². The van der Waals surface area contributed by atoms with Gasteiger partial charge in [-0.05, 0) is 64.2 Å². The average Bonchev–Trinajstić information content (AvgIpc) is 2.94. The zero-order chi connectivity index (χ0) is 30.9. The van der Waals surface area contributed by atoms with Gasteiger partial charge in [-0.3, -0.25) is 9.52 Å². The standard InChI is InChI=1S/C30H50N4O7S/c1-21-18-34(22(2)20-35)29(36)26-17-25(32-42(5,38)39)14-15-27(26)41-23(3)11-9-10-16-40-28(21)19-33(4)30(37)31-24-12-7-6-8-13-24/h14-15,17,21-24,28,32,35H,6-13,16,18-20H2,1-5H3,(H,31,37)/t21-,22+,23+,28-/m0/s1. The van der Waals surface area contributed by atoms with Gasteiger partial charge in [0.25, 0.3) is 5.91 Å². The van der Waals surface area contributed by atoms with E-state index in [4.69, 9.17) is 9.47 Å². The highest BCUT2D eigenvalue weighted by molar-refractivity contribution is 7.92. The smallest absolute Gasteiger partial charge is 0.317 e. The first-order valence-corrected chi connectivity index (χ1v) is 17.1. The summed E-state index contributed by atoms with van der Waals surface area (Å²) >= 11 is 0. The van der Waals surface area contributed by atoms with Gasteiger partial charge >= 0.3 is 6.03 Å². The lowest BCUT2D eigenvalue weighted by molar-refractivity contribution is -0.0123. The van der Waals surface area contributed by atoms with Crippen molar-refractivity contribution in [3.05, 3.63) is 23.8 Å². The predicted molar refractivity (Wildman–Crippen MR) is 163 cm³/mol. The second-order valence-electron chi connectivity index (χ2n) is 12.0. The number of hydrogen-bond donors (Lipinski definition) is 3.